The molecule has 0 aromatic carbocycles. The number of ether oxygens (including phenoxy) is 1. The Labute approximate surface area is 121 Å². The van der Waals surface area contributed by atoms with Gasteiger partial charge in [-0.1, -0.05) is 13.8 Å². The molecular formula is C14H25ClN2O2. The van der Waals surface area contributed by atoms with Crippen LogP contribution in [0.3, 0.4) is 0 Å². The molecule has 1 amide bonds. The third-order valence-electron chi connectivity index (χ3n) is 5.70. The monoisotopic (exact) mass is 288 g/mol. The highest BCUT2D eigenvalue weighted by atomic mass is 35.5. The van der Waals surface area contributed by atoms with Crippen LogP contribution < -0.4 is 5.73 Å². The van der Waals surface area contributed by atoms with Crippen LogP contribution in [-0.4, -0.2) is 43.7 Å². The zero-order valence-corrected chi connectivity index (χ0v) is 12.7. The van der Waals surface area contributed by atoms with Gasteiger partial charge in [0.2, 0.25) is 5.91 Å². The number of fused-ring (bicyclic) bond motifs is 1. The number of hydrogen-bond acceptors (Lipinski definition) is 3. The lowest BCUT2D eigenvalue weighted by Crippen LogP contribution is -2.51. The lowest BCUT2D eigenvalue weighted by atomic mass is 9.78. The average Bonchev–Trinajstić information content (AvgIpc) is 2.78. The number of rotatable bonds is 2. The Morgan fingerprint density at radius 2 is 1.79 bits per heavy atom. The smallest absolute Gasteiger partial charge is 0.230 e. The number of likely N-dealkylation sites (tertiary alicyclic amines) is 1. The molecule has 4 nitrogen and oxygen atoms in total. The standard InChI is InChI=1S/C14H24N2O2.ClH/c1-13(2)10-7-16(8-11(10)13)12(17)14(9-15)3-5-18-6-4-14;/h10-11H,3-9,15H2,1-2H3;1H. The Hall–Kier alpha value is -0.320. The second-order valence-electron chi connectivity index (χ2n) is 6.84. The second kappa shape index (κ2) is 4.90. The highest BCUT2D eigenvalue weighted by molar-refractivity contribution is 5.85. The molecule has 5 heteroatoms. The van der Waals surface area contributed by atoms with Crippen LogP contribution in [-0.2, 0) is 9.53 Å². The maximum atomic E-state index is 12.7. The summed E-state index contributed by atoms with van der Waals surface area (Å²) in [5, 5.41) is 0. The molecule has 1 aliphatic carbocycles. The average molecular weight is 289 g/mol. The van der Waals surface area contributed by atoms with Crippen LogP contribution in [0.1, 0.15) is 26.7 Å². The molecule has 0 spiro atoms. The molecule has 0 aromatic heterocycles. The van der Waals surface area contributed by atoms with Gasteiger partial charge in [0, 0.05) is 32.8 Å². The van der Waals surface area contributed by atoms with Gasteiger partial charge in [-0.05, 0) is 30.1 Å². The van der Waals surface area contributed by atoms with Crippen molar-refractivity contribution in [2.24, 2.45) is 28.4 Å². The van der Waals surface area contributed by atoms with E-state index in [1.807, 2.05) is 0 Å². The summed E-state index contributed by atoms with van der Waals surface area (Å²) in [5.41, 5.74) is 6.03. The van der Waals surface area contributed by atoms with Gasteiger partial charge in [-0.15, -0.1) is 12.4 Å². The molecule has 2 heterocycles. The van der Waals surface area contributed by atoms with Crippen molar-refractivity contribution in [3.05, 3.63) is 0 Å². The van der Waals surface area contributed by atoms with Gasteiger partial charge in [-0.3, -0.25) is 4.79 Å². The van der Waals surface area contributed by atoms with Crippen molar-refractivity contribution < 1.29 is 9.53 Å². The van der Waals surface area contributed by atoms with Gasteiger partial charge < -0.3 is 15.4 Å². The zero-order valence-electron chi connectivity index (χ0n) is 11.9. The van der Waals surface area contributed by atoms with Crippen LogP contribution in [0, 0.1) is 22.7 Å². The van der Waals surface area contributed by atoms with Crippen LogP contribution in [0.2, 0.25) is 0 Å². The van der Waals surface area contributed by atoms with Crippen molar-refractivity contribution in [1.29, 1.82) is 0 Å². The van der Waals surface area contributed by atoms with E-state index < -0.39 is 0 Å². The van der Waals surface area contributed by atoms with Gasteiger partial charge in [-0.2, -0.15) is 0 Å². The van der Waals surface area contributed by atoms with Crippen molar-refractivity contribution in [3.8, 4) is 0 Å². The summed E-state index contributed by atoms with van der Waals surface area (Å²) < 4.78 is 5.38. The Balaban J connectivity index is 0.00000133. The molecular weight excluding hydrogens is 264 g/mol. The van der Waals surface area contributed by atoms with Gasteiger partial charge in [0.25, 0.3) is 0 Å². The van der Waals surface area contributed by atoms with Crippen LogP contribution in [0.15, 0.2) is 0 Å². The van der Waals surface area contributed by atoms with E-state index in [1.54, 1.807) is 0 Å². The fraction of sp³-hybridized carbons (Fsp3) is 0.929. The van der Waals surface area contributed by atoms with Crippen LogP contribution in [0.4, 0.5) is 0 Å². The van der Waals surface area contributed by atoms with Crippen molar-refractivity contribution in [2.75, 3.05) is 32.8 Å². The predicted octanol–water partition coefficient (Wildman–Crippen LogP) is 1.28. The third-order valence-corrected chi connectivity index (χ3v) is 5.70. The molecule has 3 fully saturated rings. The molecule has 0 bridgehead atoms. The number of piperidine rings is 1. The van der Waals surface area contributed by atoms with Crippen LogP contribution in [0.25, 0.3) is 0 Å². The van der Waals surface area contributed by atoms with E-state index in [1.165, 1.54) is 0 Å². The number of amides is 1. The first-order valence-corrected chi connectivity index (χ1v) is 7.08. The van der Waals surface area contributed by atoms with Crippen molar-refractivity contribution in [2.45, 2.75) is 26.7 Å². The molecule has 2 aliphatic heterocycles. The highest BCUT2D eigenvalue weighted by Gasteiger charge is 2.63. The molecule has 2 atom stereocenters. The summed E-state index contributed by atoms with van der Waals surface area (Å²) in [6, 6.07) is 0. The van der Waals surface area contributed by atoms with E-state index in [-0.39, 0.29) is 23.7 Å². The van der Waals surface area contributed by atoms with Crippen molar-refractivity contribution >= 4 is 18.3 Å². The first-order valence-electron chi connectivity index (χ1n) is 7.08. The molecule has 0 aromatic rings. The number of carbonyl (C=O) groups excluding carboxylic acids is 1. The van der Waals surface area contributed by atoms with Gasteiger partial charge in [0.05, 0.1) is 5.41 Å². The van der Waals surface area contributed by atoms with E-state index in [9.17, 15) is 4.79 Å². The van der Waals surface area contributed by atoms with Crippen molar-refractivity contribution in [1.82, 2.24) is 4.90 Å². The summed E-state index contributed by atoms with van der Waals surface area (Å²) in [6.45, 7) is 8.33. The number of hydrogen-bond donors (Lipinski definition) is 1. The fourth-order valence-corrected chi connectivity index (χ4v) is 3.90. The van der Waals surface area contributed by atoms with Gasteiger partial charge in [0.1, 0.15) is 0 Å². The molecule has 110 valence electrons. The van der Waals surface area contributed by atoms with E-state index in [0.29, 0.717) is 25.2 Å². The maximum Gasteiger partial charge on any atom is 0.230 e. The van der Waals surface area contributed by atoms with Gasteiger partial charge >= 0.3 is 0 Å². The fourth-order valence-electron chi connectivity index (χ4n) is 3.90. The lowest BCUT2D eigenvalue weighted by molar-refractivity contribution is -0.147. The topological polar surface area (TPSA) is 55.6 Å². The van der Waals surface area contributed by atoms with Crippen LogP contribution >= 0.6 is 12.4 Å². The highest BCUT2D eigenvalue weighted by Crippen LogP contribution is 2.62. The van der Waals surface area contributed by atoms with E-state index in [2.05, 4.69) is 18.7 Å². The normalized spacial score (nSPS) is 34.4. The molecule has 3 aliphatic rings. The minimum atomic E-state index is -0.334. The summed E-state index contributed by atoms with van der Waals surface area (Å²) >= 11 is 0. The summed E-state index contributed by atoms with van der Waals surface area (Å²) in [5.74, 6) is 1.73. The summed E-state index contributed by atoms with van der Waals surface area (Å²) in [4.78, 5) is 14.8. The summed E-state index contributed by atoms with van der Waals surface area (Å²) in [6.07, 6.45) is 1.58. The third kappa shape index (κ3) is 2.18. The van der Waals surface area contributed by atoms with Crippen LogP contribution in [0.5, 0.6) is 0 Å². The largest absolute Gasteiger partial charge is 0.381 e. The predicted molar refractivity (Wildman–Crippen MR) is 76.1 cm³/mol. The molecule has 1 saturated carbocycles. The number of nitrogens with two attached hydrogens (primary N) is 1. The zero-order chi connectivity index (χ0) is 13.0. The number of carbonyl (C=O) groups is 1. The molecule has 2 saturated heterocycles. The minimum absolute atomic E-state index is 0. The first-order chi connectivity index (χ1) is 8.51. The Bertz CT molecular complexity index is 352. The molecule has 3 rings (SSSR count). The van der Waals surface area contributed by atoms with Crippen molar-refractivity contribution in [3.63, 3.8) is 0 Å². The van der Waals surface area contributed by atoms with Gasteiger partial charge in [-0.25, -0.2) is 0 Å². The Morgan fingerprint density at radius 3 is 2.26 bits per heavy atom. The van der Waals surface area contributed by atoms with E-state index in [4.69, 9.17) is 10.5 Å². The molecule has 19 heavy (non-hydrogen) atoms. The molecule has 2 N–H and O–H groups in total. The first kappa shape index (κ1) is 15.1. The van der Waals surface area contributed by atoms with Gasteiger partial charge in [0.15, 0.2) is 0 Å². The SMILES string of the molecule is CC1(C)C2CN(C(=O)C3(CN)CCOCC3)CC21.Cl. The lowest BCUT2D eigenvalue weighted by Gasteiger charge is -2.38. The molecule has 2 unspecified atom stereocenters. The number of nitrogens with zero attached hydrogens (tertiary/aromatic N) is 1. The second-order valence-corrected chi connectivity index (χ2v) is 6.84. The number of halogens is 1. The molecule has 0 radical (unpaired) electrons. The Kier molecular flexibility index (Phi) is 3.89. The minimum Gasteiger partial charge on any atom is -0.381 e. The summed E-state index contributed by atoms with van der Waals surface area (Å²) in [7, 11) is 0. The van der Waals surface area contributed by atoms with E-state index >= 15 is 0 Å². The van der Waals surface area contributed by atoms with E-state index in [0.717, 1.165) is 37.8 Å². The quantitative estimate of drug-likeness (QED) is 0.833. The Morgan fingerprint density at radius 1 is 1.26 bits per heavy atom. The maximum absolute atomic E-state index is 12.7.